The molecule has 0 radical (unpaired) electrons. The molecule has 7 aromatic rings. The Morgan fingerprint density at radius 3 is 1.58 bits per heavy atom. The molecule has 6 aliphatic rings. The average Bonchev–Trinajstić information content (AvgIpc) is 3.17. The van der Waals surface area contributed by atoms with E-state index in [-0.39, 0.29) is 13.4 Å². The van der Waals surface area contributed by atoms with Crippen molar-refractivity contribution in [2.24, 2.45) is 0 Å². The van der Waals surface area contributed by atoms with E-state index in [1.54, 1.807) is 0 Å². The lowest BCUT2D eigenvalue weighted by Crippen LogP contribution is -2.63. The van der Waals surface area contributed by atoms with Gasteiger partial charge in [0, 0.05) is 26.6 Å². The monoisotopic (exact) mass is 656 g/mol. The molecular weight excluding hydrogens is 634 g/mol. The van der Waals surface area contributed by atoms with Gasteiger partial charge in [0.2, 0.25) is 6.71 Å². The minimum atomic E-state index is -0.0167. The van der Waals surface area contributed by atoms with Gasteiger partial charge in [-0.2, -0.15) is 0 Å². The van der Waals surface area contributed by atoms with Gasteiger partial charge in [0.1, 0.15) is 11.5 Å². The van der Waals surface area contributed by atoms with E-state index in [9.17, 15) is 0 Å². The first-order chi connectivity index (χ1) is 24.8. The summed E-state index contributed by atoms with van der Waals surface area (Å²) < 4.78 is 20.1. The SMILES string of the molecule is c1ccc2c(c1)Oc1ccc3c4c1N2c1ccccc1B4c1cc2c(cc1O3)Sc1ccc3c4c1B2c1ccccc1N4c1ccccc1O3. The van der Waals surface area contributed by atoms with Crippen molar-refractivity contribution in [2.45, 2.75) is 9.79 Å². The van der Waals surface area contributed by atoms with Gasteiger partial charge in [0.15, 0.2) is 23.0 Å². The second-order valence-electron chi connectivity index (χ2n) is 13.6. The lowest BCUT2D eigenvalue weighted by Gasteiger charge is -2.44. The quantitative estimate of drug-likeness (QED) is 0.163. The highest BCUT2D eigenvalue weighted by Crippen LogP contribution is 2.55. The molecule has 0 atom stereocenters. The average molecular weight is 656 g/mol. The number of hydrogen-bond donors (Lipinski definition) is 0. The van der Waals surface area contributed by atoms with Gasteiger partial charge in [-0.25, -0.2) is 0 Å². The van der Waals surface area contributed by atoms with Crippen molar-refractivity contribution in [1.29, 1.82) is 0 Å². The number of para-hydroxylation sites is 6. The van der Waals surface area contributed by atoms with Gasteiger partial charge in [-0.1, -0.05) is 84.0 Å². The van der Waals surface area contributed by atoms with Gasteiger partial charge in [-0.15, -0.1) is 0 Å². The number of anilines is 6. The third-order valence-electron chi connectivity index (χ3n) is 11.1. The van der Waals surface area contributed by atoms with E-state index < -0.39 is 0 Å². The molecule has 50 heavy (non-hydrogen) atoms. The summed E-state index contributed by atoms with van der Waals surface area (Å²) in [6, 6.07) is 47.6. The first kappa shape index (κ1) is 26.0. The summed E-state index contributed by atoms with van der Waals surface area (Å²) in [7, 11) is 0. The van der Waals surface area contributed by atoms with E-state index in [4.69, 9.17) is 14.2 Å². The van der Waals surface area contributed by atoms with E-state index in [1.165, 1.54) is 48.5 Å². The highest BCUT2D eigenvalue weighted by atomic mass is 32.2. The van der Waals surface area contributed by atoms with Crippen molar-refractivity contribution in [2.75, 3.05) is 9.80 Å². The highest BCUT2D eigenvalue weighted by Gasteiger charge is 2.48. The van der Waals surface area contributed by atoms with Crippen LogP contribution in [0.15, 0.2) is 143 Å². The van der Waals surface area contributed by atoms with E-state index in [2.05, 4.69) is 125 Å². The van der Waals surface area contributed by atoms with Gasteiger partial charge in [-0.05, 0) is 88.6 Å². The molecule has 7 aromatic carbocycles. The molecule has 0 amide bonds. The third-order valence-corrected chi connectivity index (χ3v) is 12.3. The lowest BCUT2D eigenvalue weighted by atomic mass is 9.31. The molecule has 13 rings (SSSR count). The minimum Gasteiger partial charge on any atom is -0.458 e. The molecule has 0 aromatic heterocycles. The number of nitrogens with zero attached hydrogens (tertiary/aromatic N) is 2. The molecule has 8 heteroatoms. The first-order valence-electron chi connectivity index (χ1n) is 17.0. The first-order valence-corrected chi connectivity index (χ1v) is 17.8. The molecule has 6 aliphatic heterocycles. The zero-order valence-electron chi connectivity index (χ0n) is 26.4. The molecule has 0 saturated carbocycles. The van der Waals surface area contributed by atoms with E-state index >= 15 is 0 Å². The van der Waals surface area contributed by atoms with Crippen LogP contribution in [-0.2, 0) is 0 Å². The molecular formula is C42H22B2N2O3S. The summed E-state index contributed by atoms with van der Waals surface area (Å²) in [5, 5.41) is 0. The van der Waals surface area contributed by atoms with Crippen LogP contribution in [0.4, 0.5) is 34.1 Å². The number of hydrogen-bond acceptors (Lipinski definition) is 6. The van der Waals surface area contributed by atoms with Crippen molar-refractivity contribution in [3.05, 3.63) is 133 Å². The molecule has 230 valence electrons. The standard InChI is InChI=1S/C42H22B2N2O3S/c1-3-11-27-23(9-1)43-25-21-26-38(22-36(25)49-33-17-18-34-41(39(33)43)45(27)29-13-5-7-15-31(29)47-34)50-37-20-19-35-42-40(37)44(26)24-10-2-4-12-28(24)46(42)30-14-6-8-16-32(30)48-35/h1-22H. The molecule has 0 fully saturated rings. The number of rotatable bonds is 0. The predicted octanol–water partition coefficient (Wildman–Crippen LogP) is 7.07. The van der Waals surface area contributed by atoms with Crippen LogP contribution in [0, 0.1) is 0 Å². The van der Waals surface area contributed by atoms with Gasteiger partial charge in [0.05, 0.1) is 22.7 Å². The number of ether oxygens (including phenoxy) is 3. The lowest BCUT2D eigenvalue weighted by molar-refractivity contribution is 0.467. The predicted molar refractivity (Wildman–Crippen MR) is 202 cm³/mol. The Hall–Kier alpha value is -5.98. The summed E-state index contributed by atoms with van der Waals surface area (Å²) >= 11 is 1.83. The third kappa shape index (κ3) is 3.06. The van der Waals surface area contributed by atoms with Crippen LogP contribution in [0.25, 0.3) is 0 Å². The molecule has 5 nitrogen and oxygen atoms in total. The zero-order chi connectivity index (χ0) is 32.2. The Morgan fingerprint density at radius 2 is 0.900 bits per heavy atom. The number of fused-ring (bicyclic) bond motifs is 14. The summed E-state index contributed by atoms with van der Waals surface area (Å²) in [5.74, 6) is 5.28. The van der Waals surface area contributed by atoms with Crippen LogP contribution in [0.5, 0.6) is 34.5 Å². The fourth-order valence-corrected chi connectivity index (χ4v) is 10.4. The largest absolute Gasteiger partial charge is 0.458 e. The van der Waals surface area contributed by atoms with Crippen molar-refractivity contribution in [3.63, 3.8) is 0 Å². The maximum Gasteiger partial charge on any atom is 0.256 e. The minimum absolute atomic E-state index is 0.0167. The Labute approximate surface area is 292 Å². The van der Waals surface area contributed by atoms with Gasteiger partial charge in [-0.3, -0.25) is 0 Å². The fraction of sp³-hybridized carbons (Fsp3) is 0. The van der Waals surface area contributed by atoms with Gasteiger partial charge >= 0.3 is 0 Å². The molecule has 0 N–H and O–H groups in total. The van der Waals surface area contributed by atoms with Crippen molar-refractivity contribution >= 4 is 92.1 Å². The fourth-order valence-electron chi connectivity index (χ4n) is 9.22. The van der Waals surface area contributed by atoms with Crippen molar-refractivity contribution in [3.8, 4) is 34.5 Å². The van der Waals surface area contributed by atoms with Gasteiger partial charge in [0.25, 0.3) is 6.71 Å². The van der Waals surface area contributed by atoms with Crippen LogP contribution in [0.1, 0.15) is 0 Å². The molecule has 0 aliphatic carbocycles. The Kier molecular flexibility index (Phi) is 4.66. The topological polar surface area (TPSA) is 34.2 Å². The van der Waals surface area contributed by atoms with Gasteiger partial charge < -0.3 is 24.0 Å². The molecule has 0 saturated heterocycles. The van der Waals surface area contributed by atoms with Crippen LogP contribution in [-0.4, -0.2) is 13.4 Å². The van der Waals surface area contributed by atoms with Crippen molar-refractivity contribution in [1.82, 2.24) is 0 Å². The van der Waals surface area contributed by atoms with E-state index in [0.29, 0.717) is 0 Å². The summed E-state index contributed by atoms with van der Waals surface area (Å²) in [5.41, 5.74) is 14.2. The Morgan fingerprint density at radius 1 is 0.380 bits per heavy atom. The summed E-state index contributed by atoms with van der Waals surface area (Å²) in [4.78, 5) is 7.26. The van der Waals surface area contributed by atoms with E-state index in [0.717, 1.165) is 62.7 Å². The van der Waals surface area contributed by atoms with Crippen LogP contribution in [0.2, 0.25) is 0 Å². The highest BCUT2D eigenvalue weighted by molar-refractivity contribution is 8.00. The Balaban J connectivity index is 1.06. The van der Waals surface area contributed by atoms with Crippen molar-refractivity contribution < 1.29 is 14.2 Å². The number of benzene rings is 7. The molecule has 0 unspecified atom stereocenters. The molecule has 0 spiro atoms. The maximum atomic E-state index is 6.91. The summed E-state index contributed by atoms with van der Waals surface area (Å²) in [6.07, 6.45) is 0. The van der Waals surface area contributed by atoms with Crippen LogP contribution < -0.4 is 56.8 Å². The second kappa shape index (κ2) is 8.97. The molecule has 0 bridgehead atoms. The second-order valence-corrected chi connectivity index (χ2v) is 14.7. The Bertz CT molecular complexity index is 2550. The maximum absolute atomic E-state index is 6.91. The normalized spacial score (nSPS) is 15.0. The zero-order valence-corrected chi connectivity index (χ0v) is 27.2. The molecule has 6 heterocycles. The smallest absolute Gasteiger partial charge is 0.256 e. The summed E-state index contributed by atoms with van der Waals surface area (Å²) in [6.45, 7) is 0.0244. The van der Waals surface area contributed by atoms with Crippen LogP contribution >= 0.6 is 11.8 Å². The van der Waals surface area contributed by atoms with Crippen LogP contribution in [0.3, 0.4) is 0 Å². The van der Waals surface area contributed by atoms with E-state index in [1.807, 2.05) is 30.0 Å².